The van der Waals surface area contributed by atoms with Gasteiger partial charge in [0.25, 0.3) is 0 Å². The van der Waals surface area contributed by atoms with E-state index >= 15 is 0 Å². The number of rotatable bonds is 7. The van der Waals surface area contributed by atoms with Crippen molar-refractivity contribution in [3.8, 4) is 5.75 Å². The first-order valence-corrected chi connectivity index (χ1v) is 9.99. The number of nitrogens with zero attached hydrogens (tertiary/aromatic N) is 3. The summed E-state index contributed by atoms with van der Waals surface area (Å²) in [5, 5.41) is 3.35. The van der Waals surface area contributed by atoms with Gasteiger partial charge in [0.05, 0.1) is 6.54 Å². The van der Waals surface area contributed by atoms with Crippen LogP contribution in [0.2, 0.25) is 0 Å². The lowest BCUT2D eigenvalue weighted by atomic mass is 10.1. The topological polar surface area (TPSA) is 40.1 Å². The van der Waals surface area contributed by atoms with Crippen molar-refractivity contribution < 1.29 is 13.5 Å². The number of hydrogen-bond acceptors (Lipinski definition) is 3. The fraction of sp³-hybridized carbons (Fsp3) is 0.650. The highest BCUT2D eigenvalue weighted by atomic mass is 127. The van der Waals surface area contributed by atoms with Crippen molar-refractivity contribution in [3.05, 3.63) is 29.8 Å². The molecule has 0 saturated carbocycles. The summed E-state index contributed by atoms with van der Waals surface area (Å²) in [6.45, 7) is 9.40. The molecule has 2 saturated heterocycles. The van der Waals surface area contributed by atoms with Gasteiger partial charge >= 0.3 is 0 Å². The Bertz CT molecular complexity index is 641. The molecule has 8 heteroatoms. The standard InChI is InChI=1S/C20H30F2N4O.HI/c1-2-23-20(24-8-12-27-17-5-6-18(21)19(22)13-17)26-11-7-16(15-26)14-25-9-3-4-10-25;/h5-6,13,16H,2-4,7-12,14-15H2,1H3,(H,23,24);1H. The number of hydrogen-bond donors (Lipinski definition) is 1. The Morgan fingerprint density at radius 3 is 2.71 bits per heavy atom. The number of benzene rings is 1. The molecule has 1 aromatic carbocycles. The Kier molecular flexibility index (Phi) is 9.70. The highest BCUT2D eigenvalue weighted by Crippen LogP contribution is 2.20. The lowest BCUT2D eigenvalue weighted by Crippen LogP contribution is -2.41. The van der Waals surface area contributed by atoms with Gasteiger partial charge in [0, 0.05) is 32.2 Å². The van der Waals surface area contributed by atoms with Crippen LogP contribution < -0.4 is 10.1 Å². The van der Waals surface area contributed by atoms with Crippen molar-refractivity contribution in [2.75, 3.05) is 52.4 Å². The van der Waals surface area contributed by atoms with Crippen LogP contribution in [0.3, 0.4) is 0 Å². The maximum Gasteiger partial charge on any atom is 0.194 e. The molecule has 2 aliphatic heterocycles. The molecule has 3 rings (SSSR count). The quantitative estimate of drug-likeness (QED) is 0.266. The van der Waals surface area contributed by atoms with Gasteiger partial charge in [-0.1, -0.05) is 0 Å². The van der Waals surface area contributed by atoms with Crippen LogP contribution in [0, 0.1) is 17.6 Å². The molecule has 0 bridgehead atoms. The number of halogens is 3. The van der Waals surface area contributed by atoms with Crippen LogP contribution in [-0.2, 0) is 0 Å². The smallest absolute Gasteiger partial charge is 0.194 e. The normalized spacial score (nSPS) is 20.3. The van der Waals surface area contributed by atoms with Crippen molar-refractivity contribution in [2.45, 2.75) is 26.2 Å². The third-order valence-electron chi connectivity index (χ3n) is 5.15. The van der Waals surface area contributed by atoms with E-state index in [4.69, 9.17) is 4.74 Å². The van der Waals surface area contributed by atoms with Gasteiger partial charge < -0.3 is 19.9 Å². The molecule has 158 valence electrons. The first-order valence-electron chi connectivity index (χ1n) is 9.99. The minimum atomic E-state index is -0.898. The Balaban J connectivity index is 0.00000280. The summed E-state index contributed by atoms with van der Waals surface area (Å²) in [6.07, 6.45) is 3.86. The zero-order valence-corrected chi connectivity index (χ0v) is 18.8. The lowest BCUT2D eigenvalue weighted by Gasteiger charge is -2.23. The predicted molar refractivity (Wildman–Crippen MR) is 119 cm³/mol. The van der Waals surface area contributed by atoms with Crippen molar-refractivity contribution in [2.24, 2.45) is 10.9 Å². The average Bonchev–Trinajstić information content (AvgIpc) is 3.33. The van der Waals surface area contributed by atoms with Crippen LogP contribution in [0.25, 0.3) is 0 Å². The van der Waals surface area contributed by atoms with Gasteiger partial charge in [-0.05, 0) is 57.3 Å². The summed E-state index contributed by atoms with van der Waals surface area (Å²) in [6, 6.07) is 3.56. The monoisotopic (exact) mass is 508 g/mol. The molecular formula is C20H31F2IN4O. The molecule has 1 atom stereocenters. The zero-order valence-electron chi connectivity index (χ0n) is 16.5. The zero-order chi connectivity index (χ0) is 19.1. The summed E-state index contributed by atoms with van der Waals surface area (Å²) in [5.41, 5.74) is 0. The van der Waals surface area contributed by atoms with E-state index in [1.807, 2.05) is 0 Å². The van der Waals surface area contributed by atoms with Gasteiger partial charge in [-0.25, -0.2) is 13.8 Å². The van der Waals surface area contributed by atoms with E-state index in [1.165, 1.54) is 45.0 Å². The summed E-state index contributed by atoms with van der Waals surface area (Å²) < 4.78 is 31.6. The van der Waals surface area contributed by atoms with Crippen LogP contribution in [0.15, 0.2) is 23.2 Å². The SMILES string of the molecule is CCNC(=NCCOc1ccc(F)c(F)c1)N1CCC(CN2CCCC2)C1.I. The highest BCUT2D eigenvalue weighted by Gasteiger charge is 2.27. The van der Waals surface area contributed by atoms with Crippen molar-refractivity contribution in [1.29, 1.82) is 0 Å². The number of likely N-dealkylation sites (tertiary alicyclic amines) is 2. The molecule has 5 nitrogen and oxygen atoms in total. The summed E-state index contributed by atoms with van der Waals surface area (Å²) in [5.74, 6) is 0.166. The van der Waals surface area contributed by atoms with E-state index in [0.29, 0.717) is 24.8 Å². The lowest BCUT2D eigenvalue weighted by molar-refractivity contribution is 0.281. The van der Waals surface area contributed by atoms with E-state index in [9.17, 15) is 8.78 Å². The van der Waals surface area contributed by atoms with E-state index in [1.54, 1.807) is 0 Å². The molecule has 2 heterocycles. The molecule has 0 amide bonds. The minimum absolute atomic E-state index is 0. The van der Waals surface area contributed by atoms with Gasteiger partial charge in [0.2, 0.25) is 0 Å². The summed E-state index contributed by atoms with van der Waals surface area (Å²) in [4.78, 5) is 9.54. The maximum absolute atomic E-state index is 13.2. The van der Waals surface area contributed by atoms with Crippen molar-refractivity contribution in [1.82, 2.24) is 15.1 Å². The third-order valence-corrected chi connectivity index (χ3v) is 5.15. The largest absolute Gasteiger partial charge is 0.492 e. The van der Waals surface area contributed by atoms with Gasteiger partial charge in [-0.15, -0.1) is 24.0 Å². The van der Waals surface area contributed by atoms with E-state index in [-0.39, 0.29) is 24.0 Å². The fourth-order valence-electron chi connectivity index (χ4n) is 3.81. The Hall–Kier alpha value is -1.16. The molecule has 2 aliphatic rings. The highest BCUT2D eigenvalue weighted by molar-refractivity contribution is 14.0. The van der Waals surface area contributed by atoms with Gasteiger partial charge in [0.1, 0.15) is 12.4 Å². The van der Waals surface area contributed by atoms with Crippen LogP contribution >= 0.6 is 24.0 Å². The molecular weight excluding hydrogens is 477 g/mol. The molecule has 0 spiro atoms. The first-order chi connectivity index (χ1) is 13.2. The van der Waals surface area contributed by atoms with E-state index in [2.05, 4.69) is 27.0 Å². The number of guanidine groups is 1. The molecule has 1 N–H and O–H groups in total. The Morgan fingerprint density at radius 2 is 2.00 bits per heavy atom. The Morgan fingerprint density at radius 1 is 1.21 bits per heavy atom. The fourth-order valence-corrected chi connectivity index (χ4v) is 3.81. The first kappa shape index (κ1) is 23.1. The molecule has 1 aromatic rings. The van der Waals surface area contributed by atoms with E-state index < -0.39 is 11.6 Å². The minimum Gasteiger partial charge on any atom is -0.492 e. The Labute approximate surface area is 183 Å². The summed E-state index contributed by atoms with van der Waals surface area (Å²) in [7, 11) is 0. The van der Waals surface area contributed by atoms with Crippen molar-refractivity contribution >= 4 is 29.9 Å². The number of aliphatic imine (C=N–C) groups is 1. The van der Waals surface area contributed by atoms with Crippen LogP contribution in [0.4, 0.5) is 8.78 Å². The molecule has 28 heavy (non-hydrogen) atoms. The number of ether oxygens (including phenoxy) is 1. The molecule has 2 fully saturated rings. The van der Waals surface area contributed by atoms with Crippen LogP contribution in [0.5, 0.6) is 5.75 Å². The van der Waals surface area contributed by atoms with Gasteiger partial charge in [-0.3, -0.25) is 0 Å². The second-order valence-electron chi connectivity index (χ2n) is 7.27. The second-order valence-corrected chi connectivity index (χ2v) is 7.27. The van der Waals surface area contributed by atoms with Gasteiger partial charge in [0.15, 0.2) is 17.6 Å². The van der Waals surface area contributed by atoms with Crippen molar-refractivity contribution in [3.63, 3.8) is 0 Å². The third kappa shape index (κ3) is 6.72. The predicted octanol–water partition coefficient (Wildman–Crippen LogP) is 3.34. The van der Waals surface area contributed by atoms with Gasteiger partial charge in [-0.2, -0.15) is 0 Å². The average molecular weight is 508 g/mol. The molecule has 0 aromatic heterocycles. The molecule has 1 unspecified atom stereocenters. The maximum atomic E-state index is 13.2. The molecule has 0 radical (unpaired) electrons. The second kappa shape index (κ2) is 11.7. The van der Waals surface area contributed by atoms with Crippen LogP contribution in [0.1, 0.15) is 26.2 Å². The summed E-state index contributed by atoms with van der Waals surface area (Å²) >= 11 is 0. The molecule has 0 aliphatic carbocycles. The van der Waals surface area contributed by atoms with E-state index in [0.717, 1.165) is 37.7 Å². The number of nitrogens with one attached hydrogen (secondary N) is 1. The van der Waals surface area contributed by atoms with Crippen LogP contribution in [-0.4, -0.2) is 68.2 Å².